The molecule has 2 aromatic rings. The summed E-state index contributed by atoms with van der Waals surface area (Å²) in [5.41, 5.74) is 0.389. The van der Waals surface area contributed by atoms with Gasteiger partial charge in [-0.05, 0) is 6.07 Å². The van der Waals surface area contributed by atoms with Crippen molar-refractivity contribution >= 4 is 17.5 Å². The summed E-state index contributed by atoms with van der Waals surface area (Å²) in [5.74, 6) is -0.912. The fourth-order valence-corrected chi connectivity index (χ4v) is 1.36. The lowest BCUT2D eigenvalue weighted by Crippen LogP contribution is -2.02. The quantitative estimate of drug-likeness (QED) is 0.699. The average molecular weight is 209 g/mol. The topological polar surface area (TPSA) is 55.7 Å². The summed E-state index contributed by atoms with van der Waals surface area (Å²) in [5, 5.41) is 0. The van der Waals surface area contributed by atoms with Crippen LogP contribution in [0.5, 0.6) is 0 Å². The Morgan fingerprint density at radius 3 is 2.86 bits per heavy atom. The minimum absolute atomic E-state index is 0.178. The van der Waals surface area contributed by atoms with E-state index in [4.69, 9.17) is 0 Å². The van der Waals surface area contributed by atoms with E-state index in [-0.39, 0.29) is 17.0 Å². The van der Waals surface area contributed by atoms with E-state index in [1.165, 1.54) is 12.4 Å². The maximum absolute atomic E-state index is 12.7. The van der Waals surface area contributed by atoms with Gasteiger partial charge in [-0.2, -0.15) is 8.75 Å². The maximum Gasteiger partial charge on any atom is 0.215 e. The van der Waals surface area contributed by atoms with Gasteiger partial charge in [0.05, 0.1) is 24.1 Å². The van der Waals surface area contributed by atoms with Crippen LogP contribution in [0.1, 0.15) is 16.1 Å². The molecule has 4 nitrogen and oxygen atoms in total. The Balaban J connectivity index is 2.37. The standard InChI is InChI=1S/C8H4FN3OS/c9-6-1-5(2-10-3-6)8(13)7-4-11-14-12-7/h1-4H. The van der Waals surface area contributed by atoms with Gasteiger partial charge in [-0.25, -0.2) is 4.39 Å². The van der Waals surface area contributed by atoms with Crippen LogP contribution >= 0.6 is 11.7 Å². The molecule has 0 N–H and O–H groups in total. The number of nitrogens with zero attached hydrogens (tertiary/aromatic N) is 3. The molecule has 2 rings (SSSR count). The smallest absolute Gasteiger partial charge is 0.215 e. The number of hydrogen-bond acceptors (Lipinski definition) is 5. The molecule has 0 saturated carbocycles. The zero-order valence-corrected chi connectivity index (χ0v) is 7.66. The summed E-state index contributed by atoms with van der Waals surface area (Å²) >= 11 is 0.932. The summed E-state index contributed by atoms with van der Waals surface area (Å²) in [6, 6.07) is 1.12. The molecule has 0 bridgehead atoms. The van der Waals surface area contributed by atoms with Gasteiger partial charge in [0, 0.05) is 11.8 Å². The first-order valence-corrected chi connectivity index (χ1v) is 4.43. The van der Waals surface area contributed by atoms with Gasteiger partial charge in [0.2, 0.25) is 5.78 Å². The van der Waals surface area contributed by atoms with Crippen LogP contribution in [-0.2, 0) is 0 Å². The van der Waals surface area contributed by atoms with Gasteiger partial charge in [-0.3, -0.25) is 9.78 Å². The molecule has 0 fully saturated rings. The first-order chi connectivity index (χ1) is 6.77. The van der Waals surface area contributed by atoms with Crippen molar-refractivity contribution in [3.63, 3.8) is 0 Å². The molecule has 0 aliphatic rings. The third kappa shape index (κ3) is 1.64. The van der Waals surface area contributed by atoms with E-state index < -0.39 is 5.82 Å². The lowest BCUT2D eigenvalue weighted by atomic mass is 10.1. The molecule has 6 heteroatoms. The van der Waals surface area contributed by atoms with Gasteiger partial charge < -0.3 is 0 Å². The van der Waals surface area contributed by atoms with Crippen molar-refractivity contribution in [2.45, 2.75) is 0 Å². The molecule has 0 aliphatic carbocycles. The van der Waals surface area contributed by atoms with Gasteiger partial charge in [-0.15, -0.1) is 0 Å². The average Bonchev–Trinajstić information content (AvgIpc) is 2.69. The number of rotatable bonds is 2. The second-order valence-corrected chi connectivity index (χ2v) is 3.07. The number of aromatic nitrogens is 3. The lowest BCUT2D eigenvalue weighted by molar-refractivity contribution is 0.103. The molecule has 0 atom stereocenters. The van der Waals surface area contributed by atoms with E-state index in [2.05, 4.69) is 13.7 Å². The summed E-state index contributed by atoms with van der Waals surface area (Å²) in [6.45, 7) is 0. The first-order valence-electron chi connectivity index (χ1n) is 3.70. The van der Waals surface area contributed by atoms with E-state index in [9.17, 15) is 9.18 Å². The Kier molecular flexibility index (Phi) is 2.28. The molecule has 0 aromatic carbocycles. The first kappa shape index (κ1) is 8.89. The highest BCUT2D eigenvalue weighted by molar-refractivity contribution is 6.99. The van der Waals surface area contributed by atoms with Crippen LogP contribution in [0.2, 0.25) is 0 Å². The van der Waals surface area contributed by atoms with Crippen molar-refractivity contribution in [1.82, 2.24) is 13.7 Å². The third-order valence-electron chi connectivity index (χ3n) is 1.56. The van der Waals surface area contributed by atoms with Gasteiger partial charge in [0.1, 0.15) is 11.5 Å². The molecule has 0 unspecified atom stereocenters. The van der Waals surface area contributed by atoms with Crippen molar-refractivity contribution in [3.8, 4) is 0 Å². The highest BCUT2D eigenvalue weighted by atomic mass is 32.1. The van der Waals surface area contributed by atoms with Crippen molar-refractivity contribution in [1.29, 1.82) is 0 Å². The fraction of sp³-hybridized carbons (Fsp3) is 0. The molecular formula is C8H4FN3OS. The number of pyridine rings is 1. The number of carbonyl (C=O) groups is 1. The predicted molar refractivity (Wildman–Crippen MR) is 47.5 cm³/mol. The third-order valence-corrected chi connectivity index (χ3v) is 2.04. The van der Waals surface area contributed by atoms with Crippen molar-refractivity contribution < 1.29 is 9.18 Å². The SMILES string of the molecule is O=C(c1cncc(F)c1)c1cnsn1. The number of halogens is 1. The second-order valence-electron chi connectivity index (χ2n) is 2.51. The molecule has 2 heterocycles. The van der Waals surface area contributed by atoms with Crippen LogP contribution in [0.4, 0.5) is 4.39 Å². The van der Waals surface area contributed by atoms with E-state index in [1.54, 1.807) is 0 Å². The van der Waals surface area contributed by atoms with E-state index >= 15 is 0 Å². The maximum atomic E-state index is 12.7. The van der Waals surface area contributed by atoms with Crippen LogP contribution in [0.25, 0.3) is 0 Å². The van der Waals surface area contributed by atoms with Crippen LogP contribution in [0.3, 0.4) is 0 Å². The number of ketones is 1. The molecule has 0 amide bonds. The molecule has 70 valence electrons. The van der Waals surface area contributed by atoms with Crippen molar-refractivity contribution in [2.75, 3.05) is 0 Å². The molecule has 0 radical (unpaired) electrons. The van der Waals surface area contributed by atoms with E-state index in [1.807, 2.05) is 0 Å². The minimum atomic E-state index is -0.543. The van der Waals surface area contributed by atoms with Crippen LogP contribution in [-0.4, -0.2) is 19.5 Å². The molecule has 0 spiro atoms. The van der Waals surface area contributed by atoms with Crippen molar-refractivity contribution in [2.24, 2.45) is 0 Å². The Bertz CT molecular complexity index is 457. The summed E-state index contributed by atoms with van der Waals surface area (Å²) in [7, 11) is 0. The normalized spacial score (nSPS) is 10.1. The highest BCUT2D eigenvalue weighted by Gasteiger charge is 2.12. The van der Waals surface area contributed by atoms with Gasteiger partial charge >= 0.3 is 0 Å². The highest BCUT2D eigenvalue weighted by Crippen LogP contribution is 2.07. The van der Waals surface area contributed by atoms with E-state index in [0.29, 0.717) is 0 Å². The summed E-state index contributed by atoms with van der Waals surface area (Å²) < 4.78 is 20.2. The van der Waals surface area contributed by atoms with Gasteiger partial charge in [-0.1, -0.05) is 0 Å². The molecule has 0 saturated heterocycles. The minimum Gasteiger partial charge on any atom is -0.287 e. The zero-order chi connectivity index (χ0) is 9.97. The number of hydrogen-bond donors (Lipinski definition) is 0. The Hall–Kier alpha value is -1.69. The van der Waals surface area contributed by atoms with Crippen LogP contribution in [0.15, 0.2) is 24.7 Å². The van der Waals surface area contributed by atoms with Crippen LogP contribution in [0, 0.1) is 5.82 Å². The Morgan fingerprint density at radius 1 is 1.36 bits per heavy atom. The summed E-state index contributed by atoms with van der Waals surface area (Å²) in [4.78, 5) is 15.1. The molecule has 14 heavy (non-hydrogen) atoms. The van der Waals surface area contributed by atoms with Gasteiger partial charge in [0.15, 0.2) is 0 Å². The Morgan fingerprint density at radius 2 is 2.21 bits per heavy atom. The zero-order valence-electron chi connectivity index (χ0n) is 6.85. The summed E-state index contributed by atoms with van der Waals surface area (Å²) in [6.07, 6.45) is 3.68. The Labute approximate surface area is 82.8 Å². The monoisotopic (exact) mass is 209 g/mol. The second kappa shape index (κ2) is 3.59. The molecule has 0 aliphatic heterocycles. The fourth-order valence-electron chi connectivity index (χ4n) is 0.949. The number of carbonyl (C=O) groups excluding carboxylic acids is 1. The van der Waals surface area contributed by atoms with E-state index in [0.717, 1.165) is 24.0 Å². The van der Waals surface area contributed by atoms with Crippen LogP contribution < -0.4 is 0 Å². The largest absolute Gasteiger partial charge is 0.287 e. The predicted octanol–water partition coefficient (Wildman–Crippen LogP) is 1.30. The molecule has 2 aromatic heterocycles. The van der Waals surface area contributed by atoms with Gasteiger partial charge in [0.25, 0.3) is 0 Å². The lowest BCUT2D eigenvalue weighted by Gasteiger charge is -1.95. The molecular weight excluding hydrogens is 205 g/mol. The van der Waals surface area contributed by atoms with Crippen molar-refractivity contribution in [3.05, 3.63) is 41.7 Å².